The largest absolute Gasteiger partial charge is 0.371 e. The number of hydrogen-bond acceptors (Lipinski definition) is 2. The Labute approximate surface area is 108 Å². The lowest BCUT2D eigenvalue weighted by Gasteiger charge is -2.37. The monoisotopic (exact) mass is 251 g/mol. The first kappa shape index (κ1) is 12.4. The van der Waals surface area contributed by atoms with Crippen molar-refractivity contribution in [2.24, 2.45) is 11.8 Å². The van der Waals surface area contributed by atoms with Crippen LogP contribution in [0.25, 0.3) is 0 Å². The summed E-state index contributed by atoms with van der Waals surface area (Å²) in [5, 5.41) is 0.692. The fourth-order valence-electron chi connectivity index (χ4n) is 2.37. The van der Waals surface area contributed by atoms with Crippen molar-refractivity contribution in [3.8, 4) is 0 Å². The second-order valence-electron chi connectivity index (χ2n) is 5.01. The van der Waals surface area contributed by atoms with Crippen molar-refractivity contribution < 1.29 is 4.79 Å². The Morgan fingerprint density at radius 2 is 2.12 bits per heavy atom. The molecule has 0 spiro atoms. The van der Waals surface area contributed by atoms with Gasteiger partial charge in [-0.15, -0.1) is 0 Å². The van der Waals surface area contributed by atoms with Crippen LogP contribution in [0.2, 0.25) is 5.02 Å². The number of carbonyl (C=O) groups is 1. The Hall–Kier alpha value is -1.02. The predicted molar refractivity (Wildman–Crippen MR) is 72.0 cm³/mol. The summed E-state index contributed by atoms with van der Waals surface area (Å²) >= 11 is 6.02. The second-order valence-corrected chi connectivity index (χ2v) is 5.45. The van der Waals surface area contributed by atoms with Gasteiger partial charge in [0.1, 0.15) is 0 Å². The molecule has 2 nitrogen and oxygen atoms in total. The van der Waals surface area contributed by atoms with Gasteiger partial charge in [0.15, 0.2) is 6.29 Å². The number of aldehydes is 1. The van der Waals surface area contributed by atoms with Crippen molar-refractivity contribution >= 4 is 23.6 Å². The van der Waals surface area contributed by atoms with Crippen LogP contribution >= 0.6 is 11.6 Å². The van der Waals surface area contributed by atoms with Gasteiger partial charge in [-0.2, -0.15) is 0 Å². The lowest BCUT2D eigenvalue weighted by molar-refractivity contribution is 0.112. The Morgan fingerprint density at radius 3 is 2.76 bits per heavy atom. The minimum atomic E-state index is 0.655. The average Bonchev–Trinajstić information content (AvgIpc) is 2.32. The highest BCUT2D eigenvalue weighted by Gasteiger charge is 2.24. The third-order valence-corrected chi connectivity index (χ3v) is 4.03. The second kappa shape index (κ2) is 5.09. The standard InChI is InChI=1S/C14H18ClNO/c1-10-5-6-16(8-11(10)2)14-7-13(15)4-3-12(14)9-17/h3-4,7,9-11H,5-6,8H2,1-2H3. The Bertz CT molecular complexity index is 419. The van der Waals surface area contributed by atoms with E-state index < -0.39 is 0 Å². The molecule has 1 heterocycles. The molecule has 0 radical (unpaired) electrons. The van der Waals surface area contributed by atoms with Crippen LogP contribution in [0.15, 0.2) is 18.2 Å². The summed E-state index contributed by atoms with van der Waals surface area (Å²) in [6.45, 7) is 6.57. The average molecular weight is 252 g/mol. The van der Waals surface area contributed by atoms with Crippen molar-refractivity contribution in [3.63, 3.8) is 0 Å². The molecule has 1 aromatic rings. The Balaban J connectivity index is 2.27. The first-order valence-electron chi connectivity index (χ1n) is 6.11. The number of halogens is 1. The lowest BCUT2D eigenvalue weighted by Crippen LogP contribution is -2.38. The Morgan fingerprint density at radius 1 is 1.35 bits per heavy atom. The molecule has 1 aromatic carbocycles. The van der Waals surface area contributed by atoms with Gasteiger partial charge in [-0.25, -0.2) is 0 Å². The molecule has 92 valence electrons. The molecule has 17 heavy (non-hydrogen) atoms. The molecule has 1 fully saturated rings. The molecule has 0 aromatic heterocycles. The first-order valence-corrected chi connectivity index (χ1v) is 6.49. The fourth-order valence-corrected chi connectivity index (χ4v) is 2.54. The molecule has 0 bridgehead atoms. The molecule has 0 N–H and O–H groups in total. The van der Waals surface area contributed by atoms with Gasteiger partial charge in [-0.1, -0.05) is 25.4 Å². The van der Waals surface area contributed by atoms with E-state index in [0.29, 0.717) is 10.9 Å². The van der Waals surface area contributed by atoms with Crippen LogP contribution in [-0.2, 0) is 0 Å². The molecule has 2 atom stereocenters. The van der Waals surface area contributed by atoms with Crippen molar-refractivity contribution in [3.05, 3.63) is 28.8 Å². The molecule has 0 amide bonds. The van der Waals surface area contributed by atoms with E-state index in [4.69, 9.17) is 11.6 Å². The predicted octanol–water partition coefficient (Wildman–Crippen LogP) is 3.63. The van der Waals surface area contributed by atoms with Gasteiger partial charge in [0, 0.05) is 29.4 Å². The quantitative estimate of drug-likeness (QED) is 0.748. The molecule has 1 aliphatic rings. The topological polar surface area (TPSA) is 20.3 Å². The van der Waals surface area contributed by atoms with E-state index in [9.17, 15) is 4.79 Å². The van der Waals surface area contributed by atoms with Crippen LogP contribution in [0.3, 0.4) is 0 Å². The Kier molecular flexibility index (Phi) is 3.72. The molecule has 2 unspecified atom stereocenters. The summed E-state index contributed by atoms with van der Waals surface area (Å²) in [5.74, 6) is 1.41. The van der Waals surface area contributed by atoms with Gasteiger partial charge in [-0.05, 0) is 36.5 Å². The van der Waals surface area contributed by atoms with Gasteiger partial charge in [0.05, 0.1) is 0 Å². The summed E-state index contributed by atoms with van der Waals surface area (Å²) in [4.78, 5) is 13.3. The highest BCUT2D eigenvalue weighted by Crippen LogP contribution is 2.30. The van der Waals surface area contributed by atoms with Crippen LogP contribution in [0, 0.1) is 11.8 Å². The maximum atomic E-state index is 11.1. The number of benzene rings is 1. The molecule has 1 aliphatic heterocycles. The summed E-state index contributed by atoms with van der Waals surface area (Å²) in [6, 6.07) is 5.46. The summed E-state index contributed by atoms with van der Waals surface area (Å²) in [5.41, 5.74) is 1.71. The lowest BCUT2D eigenvalue weighted by atomic mass is 9.88. The third kappa shape index (κ3) is 2.63. The minimum Gasteiger partial charge on any atom is -0.371 e. The van der Waals surface area contributed by atoms with Crippen molar-refractivity contribution in [1.82, 2.24) is 0 Å². The number of carbonyl (C=O) groups excluding carboxylic acids is 1. The van der Waals surface area contributed by atoms with Crippen LogP contribution in [-0.4, -0.2) is 19.4 Å². The number of anilines is 1. The first-order chi connectivity index (χ1) is 8.11. The highest BCUT2D eigenvalue weighted by molar-refractivity contribution is 6.31. The molecule has 2 rings (SSSR count). The third-order valence-electron chi connectivity index (χ3n) is 3.79. The fraction of sp³-hybridized carbons (Fsp3) is 0.500. The zero-order valence-corrected chi connectivity index (χ0v) is 11.1. The summed E-state index contributed by atoms with van der Waals surface area (Å²) in [6.07, 6.45) is 2.08. The van der Waals surface area contributed by atoms with E-state index in [2.05, 4.69) is 18.7 Å². The number of rotatable bonds is 2. The van der Waals surface area contributed by atoms with Crippen LogP contribution < -0.4 is 4.90 Å². The molecule has 0 aliphatic carbocycles. The van der Waals surface area contributed by atoms with Crippen molar-refractivity contribution in [2.45, 2.75) is 20.3 Å². The smallest absolute Gasteiger partial charge is 0.152 e. The van der Waals surface area contributed by atoms with E-state index >= 15 is 0 Å². The number of hydrogen-bond donors (Lipinski definition) is 0. The number of nitrogens with zero attached hydrogens (tertiary/aromatic N) is 1. The summed E-state index contributed by atoms with van der Waals surface area (Å²) < 4.78 is 0. The van der Waals surface area contributed by atoms with Crippen molar-refractivity contribution in [1.29, 1.82) is 0 Å². The molecule has 1 saturated heterocycles. The molecule has 3 heteroatoms. The number of piperidine rings is 1. The molecular weight excluding hydrogens is 234 g/mol. The van der Waals surface area contributed by atoms with Gasteiger partial charge in [0.2, 0.25) is 0 Å². The van der Waals surface area contributed by atoms with Gasteiger partial charge in [0.25, 0.3) is 0 Å². The van der Waals surface area contributed by atoms with Gasteiger partial charge in [-0.3, -0.25) is 4.79 Å². The van der Waals surface area contributed by atoms with Crippen LogP contribution in [0.4, 0.5) is 5.69 Å². The van der Waals surface area contributed by atoms with E-state index in [0.717, 1.165) is 36.5 Å². The maximum absolute atomic E-state index is 11.1. The highest BCUT2D eigenvalue weighted by atomic mass is 35.5. The zero-order valence-electron chi connectivity index (χ0n) is 10.3. The summed E-state index contributed by atoms with van der Waals surface area (Å²) in [7, 11) is 0. The van der Waals surface area contributed by atoms with Crippen LogP contribution in [0.1, 0.15) is 30.6 Å². The van der Waals surface area contributed by atoms with Gasteiger partial charge < -0.3 is 4.90 Å². The zero-order chi connectivity index (χ0) is 12.4. The van der Waals surface area contributed by atoms with Crippen molar-refractivity contribution in [2.75, 3.05) is 18.0 Å². The maximum Gasteiger partial charge on any atom is 0.152 e. The van der Waals surface area contributed by atoms with E-state index in [-0.39, 0.29) is 0 Å². The van der Waals surface area contributed by atoms with Crippen LogP contribution in [0.5, 0.6) is 0 Å². The van der Waals surface area contributed by atoms with E-state index in [1.807, 2.05) is 6.07 Å². The van der Waals surface area contributed by atoms with Gasteiger partial charge >= 0.3 is 0 Å². The normalized spacial score (nSPS) is 24.8. The van der Waals surface area contributed by atoms with E-state index in [1.54, 1.807) is 12.1 Å². The van der Waals surface area contributed by atoms with E-state index in [1.165, 1.54) is 6.42 Å². The molecule has 0 saturated carbocycles. The molecular formula is C14H18ClNO. The SMILES string of the molecule is CC1CCN(c2cc(Cl)ccc2C=O)CC1C. The minimum absolute atomic E-state index is 0.655.